The molecule has 0 radical (unpaired) electrons. The van der Waals surface area contributed by atoms with Crippen LogP contribution >= 0.6 is 0 Å². The van der Waals surface area contributed by atoms with Crippen LogP contribution in [0.3, 0.4) is 0 Å². The van der Waals surface area contributed by atoms with E-state index in [2.05, 4.69) is 4.90 Å². The lowest BCUT2D eigenvalue weighted by atomic mass is 10.1. The molecule has 1 aliphatic rings. The topological polar surface area (TPSA) is 52.9 Å². The third-order valence-electron chi connectivity index (χ3n) is 2.40. The Bertz CT molecular complexity index is 135. The Morgan fingerprint density at radius 3 is 2.46 bits per heavy atom. The fourth-order valence-electron chi connectivity index (χ4n) is 1.38. The van der Waals surface area contributed by atoms with Crippen molar-refractivity contribution in [3.63, 3.8) is 0 Å². The Morgan fingerprint density at radius 2 is 1.92 bits per heavy atom. The van der Waals surface area contributed by atoms with Crippen LogP contribution in [0, 0.1) is 0 Å². The summed E-state index contributed by atoms with van der Waals surface area (Å²) in [7, 11) is 0. The monoisotopic (exact) mass is 189 g/mol. The van der Waals surface area contributed by atoms with E-state index in [1.54, 1.807) is 6.92 Å². The second-order valence-corrected chi connectivity index (χ2v) is 3.55. The number of hydrogen-bond acceptors (Lipinski definition) is 4. The van der Waals surface area contributed by atoms with Gasteiger partial charge >= 0.3 is 0 Å². The molecule has 0 spiro atoms. The fourth-order valence-corrected chi connectivity index (χ4v) is 1.38. The maximum atomic E-state index is 9.35. The zero-order chi connectivity index (χ0) is 9.68. The van der Waals surface area contributed by atoms with Gasteiger partial charge in [-0.3, -0.25) is 4.90 Å². The van der Waals surface area contributed by atoms with Crippen molar-refractivity contribution in [1.82, 2.24) is 4.90 Å². The zero-order valence-corrected chi connectivity index (χ0v) is 8.15. The van der Waals surface area contributed by atoms with Crippen LogP contribution < -0.4 is 0 Å². The largest absolute Gasteiger partial charge is 0.391 e. The number of hydrogen-bond donors (Lipinski definition) is 2. The van der Waals surface area contributed by atoms with Crippen LogP contribution in [-0.4, -0.2) is 60.2 Å². The smallest absolute Gasteiger partial charge is 0.0808 e. The average Bonchev–Trinajstić information content (AvgIpc) is 2.15. The predicted molar refractivity (Wildman–Crippen MR) is 49.6 cm³/mol. The molecule has 0 aromatic carbocycles. The van der Waals surface area contributed by atoms with E-state index in [-0.39, 0.29) is 0 Å². The molecule has 0 amide bonds. The van der Waals surface area contributed by atoms with Crippen LogP contribution in [0.1, 0.15) is 13.3 Å². The Labute approximate surface area is 79.1 Å². The van der Waals surface area contributed by atoms with Gasteiger partial charge in [0.05, 0.1) is 25.4 Å². The first kappa shape index (κ1) is 10.9. The minimum absolute atomic E-state index is 0.595. The summed E-state index contributed by atoms with van der Waals surface area (Å²) in [5.41, 5.74) is 0. The van der Waals surface area contributed by atoms with Crippen molar-refractivity contribution in [3.05, 3.63) is 0 Å². The van der Waals surface area contributed by atoms with Gasteiger partial charge in [0.15, 0.2) is 0 Å². The minimum Gasteiger partial charge on any atom is -0.391 e. The second kappa shape index (κ2) is 5.54. The van der Waals surface area contributed by atoms with Gasteiger partial charge in [0.25, 0.3) is 0 Å². The maximum Gasteiger partial charge on any atom is 0.0808 e. The molecule has 1 aliphatic heterocycles. The summed E-state index contributed by atoms with van der Waals surface area (Å²) in [6.07, 6.45) is -0.582. The second-order valence-electron chi connectivity index (χ2n) is 3.55. The van der Waals surface area contributed by atoms with Gasteiger partial charge < -0.3 is 14.9 Å². The van der Waals surface area contributed by atoms with Crippen LogP contribution in [0.5, 0.6) is 0 Å². The molecule has 0 saturated carbocycles. The van der Waals surface area contributed by atoms with E-state index in [0.29, 0.717) is 6.42 Å². The molecule has 2 N–H and O–H groups in total. The lowest BCUT2D eigenvalue weighted by Gasteiger charge is -2.27. The highest BCUT2D eigenvalue weighted by atomic mass is 16.5. The fraction of sp³-hybridized carbons (Fsp3) is 1.00. The first-order valence-electron chi connectivity index (χ1n) is 4.86. The van der Waals surface area contributed by atoms with Crippen molar-refractivity contribution in [2.45, 2.75) is 25.6 Å². The summed E-state index contributed by atoms with van der Waals surface area (Å²) in [5.74, 6) is 0. The van der Waals surface area contributed by atoms with Crippen molar-refractivity contribution in [1.29, 1.82) is 0 Å². The quantitative estimate of drug-likeness (QED) is 0.623. The molecule has 1 rings (SSSR count). The van der Waals surface area contributed by atoms with Gasteiger partial charge in [-0.1, -0.05) is 0 Å². The van der Waals surface area contributed by atoms with Gasteiger partial charge in [-0.2, -0.15) is 0 Å². The van der Waals surface area contributed by atoms with E-state index in [1.165, 1.54) is 0 Å². The number of rotatable bonds is 4. The molecular formula is C9H19NO3. The molecule has 2 unspecified atom stereocenters. The van der Waals surface area contributed by atoms with Crippen LogP contribution in [0.15, 0.2) is 0 Å². The van der Waals surface area contributed by atoms with E-state index in [1.807, 2.05) is 0 Å². The summed E-state index contributed by atoms with van der Waals surface area (Å²) in [4.78, 5) is 2.25. The predicted octanol–water partition coefficient (Wildman–Crippen LogP) is -0.550. The van der Waals surface area contributed by atoms with E-state index >= 15 is 0 Å². The van der Waals surface area contributed by atoms with Crippen LogP contribution in [0.25, 0.3) is 0 Å². The normalized spacial score (nSPS) is 24.2. The molecule has 4 heteroatoms. The number of ether oxygens (including phenoxy) is 1. The molecule has 78 valence electrons. The molecule has 4 nitrogen and oxygen atoms in total. The summed E-state index contributed by atoms with van der Waals surface area (Å²) in [5, 5.41) is 18.4. The van der Waals surface area contributed by atoms with Crippen LogP contribution in [0.2, 0.25) is 0 Å². The molecule has 0 aromatic rings. The lowest BCUT2D eigenvalue weighted by molar-refractivity contribution is 0.00255. The van der Waals surface area contributed by atoms with Crippen molar-refractivity contribution < 1.29 is 14.9 Å². The Hall–Kier alpha value is -0.160. The third-order valence-corrected chi connectivity index (χ3v) is 2.40. The summed E-state index contributed by atoms with van der Waals surface area (Å²) in [6.45, 7) is 5.90. The van der Waals surface area contributed by atoms with Gasteiger partial charge in [0.1, 0.15) is 0 Å². The Kier molecular flexibility index (Phi) is 4.66. The molecule has 1 saturated heterocycles. The van der Waals surface area contributed by atoms with E-state index in [0.717, 1.165) is 32.8 Å². The molecule has 0 bridgehead atoms. The Balaban J connectivity index is 2.10. The summed E-state index contributed by atoms with van der Waals surface area (Å²) >= 11 is 0. The van der Waals surface area contributed by atoms with Crippen molar-refractivity contribution in [2.75, 3.05) is 32.8 Å². The number of morpholine rings is 1. The van der Waals surface area contributed by atoms with Crippen molar-refractivity contribution >= 4 is 0 Å². The van der Waals surface area contributed by atoms with Crippen molar-refractivity contribution in [2.24, 2.45) is 0 Å². The molecule has 13 heavy (non-hydrogen) atoms. The number of aliphatic hydroxyl groups is 2. The highest BCUT2D eigenvalue weighted by molar-refractivity contribution is 4.67. The standard InChI is InChI=1S/C9H19NO3/c1-8(11)9(12)2-3-10-4-6-13-7-5-10/h8-9,11-12H,2-7H2,1H3. The molecule has 2 atom stereocenters. The highest BCUT2D eigenvalue weighted by Gasteiger charge is 2.14. The van der Waals surface area contributed by atoms with E-state index in [4.69, 9.17) is 9.84 Å². The average molecular weight is 189 g/mol. The molecule has 1 fully saturated rings. The SMILES string of the molecule is CC(O)C(O)CCN1CCOCC1. The van der Waals surface area contributed by atoms with Gasteiger partial charge in [0, 0.05) is 19.6 Å². The van der Waals surface area contributed by atoms with Crippen LogP contribution in [-0.2, 0) is 4.74 Å². The molecule has 0 aliphatic carbocycles. The third kappa shape index (κ3) is 4.04. The molecular weight excluding hydrogens is 170 g/mol. The maximum absolute atomic E-state index is 9.35. The minimum atomic E-state index is -0.624. The Morgan fingerprint density at radius 1 is 1.31 bits per heavy atom. The first-order chi connectivity index (χ1) is 6.20. The van der Waals surface area contributed by atoms with Gasteiger partial charge in [-0.15, -0.1) is 0 Å². The van der Waals surface area contributed by atoms with E-state index in [9.17, 15) is 5.11 Å². The highest BCUT2D eigenvalue weighted by Crippen LogP contribution is 2.03. The number of nitrogens with zero attached hydrogens (tertiary/aromatic N) is 1. The summed E-state index contributed by atoms with van der Waals surface area (Å²) in [6, 6.07) is 0. The first-order valence-corrected chi connectivity index (χ1v) is 4.86. The van der Waals surface area contributed by atoms with Gasteiger partial charge in [-0.25, -0.2) is 0 Å². The van der Waals surface area contributed by atoms with Crippen LogP contribution in [0.4, 0.5) is 0 Å². The molecule has 0 aromatic heterocycles. The van der Waals surface area contributed by atoms with Crippen molar-refractivity contribution in [3.8, 4) is 0 Å². The zero-order valence-electron chi connectivity index (χ0n) is 8.15. The molecule has 1 heterocycles. The van der Waals surface area contributed by atoms with Gasteiger partial charge in [0.2, 0.25) is 0 Å². The summed E-state index contributed by atoms with van der Waals surface area (Å²) < 4.78 is 5.20. The lowest BCUT2D eigenvalue weighted by Crippen LogP contribution is -2.39. The van der Waals surface area contributed by atoms with Gasteiger partial charge in [-0.05, 0) is 13.3 Å². The number of aliphatic hydroxyl groups excluding tert-OH is 2. The van der Waals surface area contributed by atoms with E-state index < -0.39 is 12.2 Å².